The number of nitrogens with zero attached hydrogens (tertiary/aromatic N) is 2. The van der Waals surface area contributed by atoms with Crippen molar-refractivity contribution in [1.82, 2.24) is 9.38 Å². The Balaban J connectivity index is 1.85. The van der Waals surface area contributed by atoms with E-state index in [-0.39, 0.29) is 6.42 Å². The van der Waals surface area contributed by atoms with Gasteiger partial charge in [-0.05, 0) is 31.4 Å². The number of aliphatic carboxylic acids is 1. The fourth-order valence-electron chi connectivity index (χ4n) is 1.94. The Morgan fingerprint density at radius 3 is 3.00 bits per heavy atom. The number of hydrogen-bond acceptors (Lipinski definition) is 2. The van der Waals surface area contributed by atoms with Gasteiger partial charge in [0.2, 0.25) is 0 Å². The van der Waals surface area contributed by atoms with E-state index in [1.54, 1.807) is 0 Å². The van der Waals surface area contributed by atoms with E-state index >= 15 is 0 Å². The number of aromatic nitrogens is 2. The molecular formula is C13H16N2O2. The van der Waals surface area contributed by atoms with Crippen LogP contribution >= 0.6 is 0 Å². The van der Waals surface area contributed by atoms with Gasteiger partial charge in [-0.2, -0.15) is 0 Å². The summed E-state index contributed by atoms with van der Waals surface area (Å²) in [6.45, 7) is 0. The monoisotopic (exact) mass is 232 g/mol. The van der Waals surface area contributed by atoms with Crippen LogP contribution in [0.5, 0.6) is 0 Å². The molecule has 0 saturated heterocycles. The summed E-state index contributed by atoms with van der Waals surface area (Å²) >= 11 is 0. The molecule has 0 spiro atoms. The number of unbranched alkanes of at least 4 members (excludes halogenated alkanes) is 2. The molecule has 2 aromatic rings. The Hall–Kier alpha value is -1.84. The van der Waals surface area contributed by atoms with Crippen molar-refractivity contribution >= 4 is 11.5 Å². The first-order valence-electron chi connectivity index (χ1n) is 5.90. The van der Waals surface area contributed by atoms with E-state index in [1.165, 1.54) is 0 Å². The zero-order valence-corrected chi connectivity index (χ0v) is 9.67. The normalized spacial score (nSPS) is 10.8. The second-order valence-electron chi connectivity index (χ2n) is 4.14. The Bertz CT molecular complexity index is 505. The highest BCUT2D eigenvalue weighted by atomic mass is 16.4. The molecule has 0 radical (unpaired) electrons. The van der Waals surface area contributed by atoms with Crippen molar-refractivity contribution in [3.63, 3.8) is 0 Å². The average Bonchev–Trinajstić information content (AvgIpc) is 2.72. The number of imidazole rings is 1. The van der Waals surface area contributed by atoms with Gasteiger partial charge in [0.05, 0.1) is 17.5 Å². The molecule has 2 heterocycles. The van der Waals surface area contributed by atoms with Crippen LogP contribution in [0, 0.1) is 0 Å². The standard InChI is InChI=1S/C13H16N2O2/c16-13(17)8-3-1-2-6-11-12-7-4-5-9-15(12)10-14-11/h4-5,7,9-10H,1-3,6,8H2,(H,16,17). The molecule has 0 bridgehead atoms. The van der Waals surface area contributed by atoms with Crippen LogP contribution in [0.2, 0.25) is 0 Å². The minimum absolute atomic E-state index is 0.268. The number of pyridine rings is 1. The summed E-state index contributed by atoms with van der Waals surface area (Å²) in [6, 6.07) is 6.04. The van der Waals surface area contributed by atoms with Gasteiger partial charge in [0.1, 0.15) is 0 Å². The molecule has 0 aliphatic rings. The number of rotatable bonds is 6. The largest absolute Gasteiger partial charge is 0.481 e. The van der Waals surface area contributed by atoms with Crippen molar-refractivity contribution in [2.24, 2.45) is 0 Å². The summed E-state index contributed by atoms with van der Waals surface area (Å²) < 4.78 is 2.01. The highest BCUT2D eigenvalue weighted by Crippen LogP contribution is 2.12. The molecule has 4 nitrogen and oxygen atoms in total. The molecule has 0 atom stereocenters. The lowest BCUT2D eigenvalue weighted by atomic mass is 10.1. The van der Waals surface area contributed by atoms with E-state index in [4.69, 9.17) is 5.11 Å². The van der Waals surface area contributed by atoms with Gasteiger partial charge in [-0.15, -0.1) is 0 Å². The van der Waals surface area contributed by atoms with E-state index in [0.717, 1.165) is 36.9 Å². The van der Waals surface area contributed by atoms with E-state index in [1.807, 2.05) is 29.1 Å². The molecule has 0 unspecified atom stereocenters. The van der Waals surface area contributed by atoms with Gasteiger partial charge in [0.25, 0.3) is 0 Å². The molecule has 0 aliphatic carbocycles. The number of aryl methyl sites for hydroxylation is 1. The molecule has 0 aliphatic heterocycles. The Kier molecular flexibility index (Phi) is 3.75. The first kappa shape index (κ1) is 11.6. The highest BCUT2D eigenvalue weighted by Gasteiger charge is 2.03. The third-order valence-electron chi connectivity index (χ3n) is 2.83. The van der Waals surface area contributed by atoms with Gasteiger partial charge >= 0.3 is 5.97 Å². The molecule has 90 valence electrons. The predicted octanol–water partition coefficient (Wildman–Crippen LogP) is 2.52. The first-order valence-corrected chi connectivity index (χ1v) is 5.90. The van der Waals surface area contributed by atoms with Gasteiger partial charge in [-0.3, -0.25) is 4.79 Å². The predicted molar refractivity (Wildman–Crippen MR) is 65.0 cm³/mol. The van der Waals surface area contributed by atoms with Crippen molar-refractivity contribution in [2.45, 2.75) is 32.1 Å². The number of carboxylic acids is 1. The van der Waals surface area contributed by atoms with Crippen LogP contribution < -0.4 is 0 Å². The Morgan fingerprint density at radius 2 is 2.18 bits per heavy atom. The molecule has 4 heteroatoms. The number of fused-ring (bicyclic) bond motifs is 1. The van der Waals surface area contributed by atoms with Crippen LogP contribution in [0.4, 0.5) is 0 Å². The number of hydrogen-bond donors (Lipinski definition) is 1. The molecule has 0 aromatic carbocycles. The summed E-state index contributed by atoms with van der Waals surface area (Å²) in [5.74, 6) is -0.711. The van der Waals surface area contributed by atoms with E-state index in [0.29, 0.717) is 0 Å². The van der Waals surface area contributed by atoms with Crippen molar-refractivity contribution in [3.05, 3.63) is 36.4 Å². The van der Waals surface area contributed by atoms with Crippen LogP contribution in [0.3, 0.4) is 0 Å². The van der Waals surface area contributed by atoms with Gasteiger partial charge < -0.3 is 9.51 Å². The maximum Gasteiger partial charge on any atom is 0.303 e. The Morgan fingerprint density at radius 1 is 1.29 bits per heavy atom. The number of carboxylic acid groups (broad SMARTS) is 1. The van der Waals surface area contributed by atoms with Gasteiger partial charge in [-0.25, -0.2) is 4.98 Å². The summed E-state index contributed by atoms with van der Waals surface area (Å²) in [5.41, 5.74) is 2.24. The summed E-state index contributed by atoms with van der Waals surface area (Å²) in [7, 11) is 0. The fourth-order valence-corrected chi connectivity index (χ4v) is 1.94. The van der Waals surface area contributed by atoms with E-state index in [9.17, 15) is 4.79 Å². The summed E-state index contributed by atoms with van der Waals surface area (Å²) in [5, 5.41) is 8.52. The molecule has 0 fully saturated rings. The number of carbonyl (C=O) groups is 1. The quantitative estimate of drug-likeness (QED) is 0.778. The fraction of sp³-hybridized carbons (Fsp3) is 0.385. The Labute approximate surface area is 99.9 Å². The van der Waals surface area contributed by atoms with Crippen molar-refractivity contribution in [1.29, 1.82) is 0 Å². The molecule has 1 N–H and O–H groups in total. The molecule has 2 aromatic heterocycles. The second kappa shape index (κ2) is 5.48. The minimum Gasteiger partial charge on any atom is -0.481 e. The SMILES string of the molecule is O=C(O)CCCCCc1ncn2ccccc12. The average molecular weight is 232 g/mol. The third kappa shape index (κ3) is 3.06. The maximum absolute atomic E-state index is 10.4. The van der Waals surface area contributed by atoms with Crippen LogP contribution in [0.25, 0.3) is 5.52 Å². The van der Waals surface area contributed by atoms with Gasteiger partial charge in [0.15, 0.2) is 0 Å². The molecular weight excluding hydrogens is 216 g/mol. The van der Waals surface area contributed by atoms with E-state index in [2.05, 4.69) is 11.1 Å². The molecule has 0 saturated carbocycles. The van der Waals surface area contributed by atoms with E-state index < -0.39 is 5.97 Å². The van der Waals surface area contributed by atoms with Crippen molar-refractivity contribution < 1.29 is 9.90 Å². The molecule has 0 amide bonds. The van der Waals surface area contributed by atoms with Crippen LogP contribution in [0.15, 0.2) is 30.7 Å². The summed E-state index contributed by atoms with van der Waals surface area (Å²) in [4.78, 5) is 14.7. The lowest BCUT2D eigenvalue weighted by Crippen LogP contribution is -1.94. The lowest BCUT2D eigenvalue weighted by molar-refractivity contribution is -0.137. The second-order valence-corrected chi connectivity index (χ2v) is 4.14. The minimum atomic E-state index is -0.711. The lowest BCUT2D eigenvalue weighted by Gasteiger charge is -1.99. The van der Waals surface area contributed by atoms with Crippen LogP contribution in [-0.4, -0.2) is 20.5 Å². The molecule has 17 heavy (non-hydrogen) atoms. The topological polar surface area (TPSA) is 54.6 Å². The zero-order chi connectivity index (χ0) is 12.1. The smallest absolute Gasteiger partial charge is 0.303 e. The van der Waals surface area contributed by atoms with Crippen molar-refractivity contribution in [3.8, 4) is 0 Å². The highest BCUT2D eigenvalue weighted by molar-refractivity contribution is 5.66. The van der Waals surface area contributed by atoms with Crippen LogP contribution in [-0.2, 0) is 11.2 Å². The summed E-state index contributed by atoms with van der Waals surface area (Å²) in [6.07, 6.45) is 7.68. The van der Waals surface area contributed by atoms with Crippen molar-refractivity contribution in [2.75, 3.05) is 0 Å². The van der Waals surface area contributed by atoms with Gasteiger partial charge in [-0.1, -0.05) is 12.5 Å². The zero-order valence-electron chi connectivity index (χ0n) is 9.67. The first-order chi connectivity index (χ1) is 8.27. The maximum atomic E-state index is 10.4. The third-order valence-corrected chi connectivity index (χ3v) is 2.83. The molecule has 2 rings (SSSR count). The van der Waals surface area contributed by atoms with Gasteiger partial charge in [0, 0.05) is 12.6 Å². The van der Waals surface area contributed by atoms with Crippen LogP contribution in [0.1, 0.15) is 31.4 Å².